The highest BCUT2D eigenvalue weighted by Gasteiger charge is 2.18. The van der Waals surface area contributed by atoms with Crippen molar-refractivity contribution in [3.8, 4) is 0 Å². The third-order valence-electron chi connectivity index (χ3n) is 2.93. The molecule has 1 aliphatic heterocycles. The molecule has 0 bridgehead atoms. The Balaban J connectivity index is 1.81. The fourth-order valence-electron chi connectivity index (χ4n) is 1.94. The number of hydrogen-bond donors (Lipinski definition) is 1. The van der Waals surface area contributed by atoms with E-state index in [4.69, 9.17) is 4.74 Å². The largest absolute Gasteiger partial charge is 0.378 e. The van der Waals surface area contributed by atoms with E-state index in [2.05, 4.69) is 21.2 Å². The quantitative estimate of drug-likeness (QED) is 0.928. The predicted octanol–water partition coefficient (Wildman–Crippen LogP) is 2.77. The van der Waals surface area contributed by atoms with E-state index < -0.39 is 0 Å². The average Bonchev–Trinajstić information content (AvgIpc) is 2.80. The molecule has 0 unspecified atom stereocenters. The summed E-state index contributed by atoms with van der Waals surface area (Å²) in [5.74, 6) is -0.411. The zero-order valence-corrected chi connectivity index (χ0v) is 11.5. The van der Waals surface area contributed by atoms with E-state index in [1.54, 1.807) is 12.1 Å². The lowest BCUT2D eigenvalue weighted by atomic mass is 10.1. The molecule has 18 heavy (non-hydrogen) atoms. The molecule has 1 atom stereocenters. The first-order valence-corrected chi connectivity index (χ1v) is 6.76. The minimum Gasteiger partial charge on any atom is -0.378 e. The maximum absolute atomic E-state index is 13.5. The Hall–Kier alpha value is -0.940. The van der Waals surface area contributed by atoms with Crippen molar-refractivity contribution in [3.63, 3.8) is 0 Å². The third-order valence-corrected chi connectivity index (χ3v) is 3.42. The van der Waals surface area contributed by atoms with Gasteiger partial charge in [0.05, 0.1) is 12.5 Å². The highest BCUT2D eigenvalue weighted by molar-refractivity contribution is 9.10. The van der Waals surface area contributed by atoms with Crippen LogP contribution in [-0.2, 0) is 16.1 Å². The van der Waals surface area contributed by atoms with Crippen molar-refractivity contribution in [1.82, 2.24) is 5.32 Å². The standard InChI is InChI=1S/C13H15BrFNO2/c14-10-4-3-9(12(15)6-10)8-16-13(17)7-11-2-1-5-18-11/h3-4,6,11H,1-2,5,7-8H2,(H,16,17)/t11-/m1/s1. The van der Waals surface area contributed by atoms with Gasteiger partial charge >= 0.3 is 0 Å². The first-order valence-electron chi connectivity index (χ1n) is 5.97. The Kier molecular flexibility index (Phi) is 4.72. The van der Waals surface area contributed by atoms with Crippen LogP contribution in [0.5, 0.6) is 0 Å². The molecule has 1 aromatic carbocycles. The van der Waals surface area contributed by atoms with Crippen LogP contribution in [0.1, 0.15) is 24.8 Å². The lowest BCUT2D eigenvalue weighted by Gasteiger charge is -2.10. The van der Waals surface area contributed by atoms with Gasteiger partial charge in [-0.1, -0.05) is 22.0 Å². The van der Waals surface area contributed by atoms with E-state index in [0.29, 0.717) is 16.5 Å². The van der Waals surface area contributed by atoms with Crippen LogP contribution in [0.2, 0.25) is 0 Å². The van der Waals surface area contributed by atoms with E-state index in [1.807, 2.05) is 0 Å². The SMILES string of the molecule is O=C(C[C@H]1CCCO1)NCc1ccc(Br)cc1F. The molecule has 3 nitrogen and oxygen atoms in total. The first-order chi connectivity index (χ1) is 8.65. The molecule has 1 N–H and O–H groups in total. The number of amides is 1. The Morgan fingerprint density at radius 2 is 2.39 bits per heavy atom. The second-order valence-corrected chi connectivity index (χ2v) is 5.27. The van der Waals surface area contributed by atoms with Crippen LogP contribution in [0.3, 0.4) is 0 Å². The van der Waals surface area contributed by atoms with Crippen molar-refractivity contribution in [1.29, 1.82) is 0 Å². The van der Waals surface area contributed by atoms with Gasteiger partial charge in [0.2, 0.25) is 5.91 Å². The molecule has 0 radical (unpaired) electrons. The van der Waals surface area contributed by atoms with Crippen molar-refractivity contribution < 1.29 is 13.9 Å². The van der Waals surface area contributed by atoms with Crippen LogP contribution in [0.4, 0.5) is 4.39 Å². The average molecular weight is 316 g/mol. The molecule has 0 aliphatic carbocycles. The van der Waals surface area contributed by atoms with Gasteiger partial charge in [-0.3, -0.25) is 4.79 Å². The van der Waals surface area contributed by atoms with Crippen LogP contribution in [0.25, 0.3) is 0 Å². The molecular weight excluding hydrogens is 301 g/mol. The number of hydrogen-bond acceptors (Lipinski definition) is 2. The predicted molar refractivity (Wildman–Crippen MR) is 69.5 cm³/mol. The molecule has 98 valence electrons. The van der Waals surface area contributed by atoms with Gasteiger partial charge in [-0.15, -0.1) is 0 Å². The number of halogens is 2. The summed E-state index contributed by atoms with van der Waals surface area (Å²) in [7, 11) is 0. The Morgan fingerprint density at radius 3 is 3.06 bits per heavy atom. The third kappa shape index (κ3) is 3.78. The van der Waals surface area contributed by atoms with Crippen molar-refractivity contribution >= 4 is 21.8 Å². The molecule has 1 aromatic rings. The lowest BCUT2D eigenvalue weighted by Crippen LogP contribution is -2.27. The minimum atomic E-state index is -0.318. The summed E-state index contributed by atoms with van der Waals surface area (Å²) in [5, 5.41) is 2.71. The van der Waals surface area contributed by atoms with Gasteiger partial charge in [0.25, 0.3) is 0 Å². The molecule has 5 heteroatoms. The number of carbonyl (C=O) groups is 1. The summed E-state index contributed by atoms with van der Waals surface area (Å²) < 4.78 is 19.6. The van der Waals surface area contributed by atoms with Crippen LogP contribution in [0, 0.1) is 5.82 Å². The van der Waals surface area contributed by atoms with Crippen molar-refractivity contribution in [2.45, 2.75) is 31.9 Å². The first kappa shape index (κ1) is 13.5. The second kappa shape index (κ2) is 6.29. The number of carbonyl (C=O) groups excluding carboxylic acids is 1. The zero-order valence-electron chi connectivity index (χ0n) is 9.92. The van der Waals surface area contributed by atoms with Gasteiger partial charge < -0.3 is 10.1 Å². The fraction of sp³-hybridized carbons (Fsp3) is 0.462. The van der Waals surface area contributed by atoms with Gasteiger partial charge in [0.15, 0.2) is 0 Å². The molecule has 1 amide bonds. The summed E-state index contributed by atoms with van der Waals surface area (Å²) in [6, 6.07) is 4.80. The van der Waals surface area contributed by atoms with Crippen LogP contribution in [-0.4, -0.2) is 18.6 Å². The van der Waals surface area contributed by atoms with Gasteiger partial charge in [0, 0.05) is 23.2 Å². The topological polar surface area (TPSA) is 38.3 Å². The summed E-state index contributed by atoms with van der Waals surface area (Å²) >= 11 is 3.19. The normalized spacial score (nSPS) is 18.9. The van der Waals surface area contributed by atoms with Gasteiger partial charge in [0.1, 0.15) is 5.82 Å². The van der Waals surface area contributed by atoms with Gasteiger partial charge in [-0.2, -0.15) is 0 Å². The van der Waals surface area contributed by atoms with E-state index in [0.717, 1.165) is 19.4 Å². The Labute approximate surface area is 114 Å². The summed E-state index contributed by atoms with van der Waals surface area (Å²) in [6.07, 6.45) is 2.33. The van der Waals surface area contributed by atoms with Crippen molar-refractivity contribution in [3.05, 3.63) is 34.1 Å². The fourth-order valence-corrected chi connectivity index (χ4v) is 2.28. The van der Waals surface area contributed by atoms with Crippen molar-refractivity contribution in [2.24, 2.45) is 0 Å². The van der Waals surface area contributed by atoms with E-state index in [-0.39, 0.29) is 24.4 Å². The van der Waals surface area contributed by atoms with Crippen LogP contribution < -0.4 is 5.32 Å². The molecule has 1 aliphatic rings. The molecule has 2 rings (SSSR count). The van der Waals surface area contributed by atoms with E-state index in [9.17, 15) is 9.18 Å². The molecule has 1 heterocycles. The highest BCUT2D eigenvalue weighted by atomic mass is 79.9. The van der Waals surface area contributed by atoms with Gasteiger partial charge in [-0.05, 0) is 25.0 Å². The van der Waals surface area contributed by atoms with E-state index in [1.165, 1.54) is 6.07 Å². The monoisotopic (exact) mass is 315 g/mol. The summed E-state index contributed by atoms with van der Waals surface area (Å²) in [5.41, 5.74) is 0.485. The molecule has 1 fully saturated rings. The number of benzene rings is 1. The van der Waals surface area contributed by atoms with Crippen molar-refractivity contribution in [2.75, 3.05) is 6.61 Å². The molecule has 1 saturated heterocycles. The minimum absolute atomic E-state index is 0.0276. The molecule has 0 saturated carbocycles. The lowest BCUT2D eigenvalue weighted by molar-refractivity contribution is -0.123. The number of ether oxygens (including phenoxy) is 1. The van der Waals surface area contributed by atoms with Crippen LogP contribution in [0.15, 0.2) is 22.7 Å². The molecule has 0 spiro atoms. The molecule has 0 aromatic heterocycles. The van der Waals surface area contributed by atoms with E-state index >= 15 is 0 Å². The maximum atomic E-state index is 13.5. The smallest absolute Gasteiger partial charge is 0.222 e. The second-order valence-electron chi connectivity index (χ2n) is 4.35. The Bertz CT molecular complexity index is 433. The molecular formula is C13H15BrFNO2. The maximum Gasteiger partial charge on any atom is 0.222 e. The Morgan fingerprint density at radius 1 is 1.56 bits per heavy atom. The summed E-state index contributed by atoms with van der Waals surface area (Å²) in [4.78, 5) is 11.6. The zero-order chi connectivity index (χ0) is 13.0. The number of rotatable bonds is 4. The highest BCUT2D eigenvalue weighted by Crippen LogP contribution is 2.16. The summed E-state index contributed by atoms with van der Waals surface area (Å²) in [6.45, 7) is 0.948. The number of nitrogens with one attached hydrogen (secondary N) is 1. The van der Waals surface area contributed by atoms with Crippen LogP contribution >= 0.6 is 15.9 Å². The van der Waals surface area contributed by atoms with Gasteiger partial charge in [-0.25, -0.2) is 4.39 Å².